The lowest BCUT2D eigenvalue weighted by Gasteiger charge is -2.41. The maximum atomic E-state index is 9.51. The van der Waals surface area contributed by atoms with E-state index >= 15 is 0 Å². The lowest BCUT2D eigenvalue weighted by Crippen LogP contribution is -2.34. The van der Waals surface area contributed by atoms with Crippen LogP contribution in [0.15, 0.2) is 25.0 Å². The average molecular weight is 379 g/mol. The normalized spacial score (nSPS) is 32.0. The molecule has 3 aromatic heterocycles. The summed E-state index contributed by atoms with van der Waals surface area (Å²) in [5.74, 6) is 4.29. The second-order valence-electron chi connectivity index (χ2n) is 8.67. The number of fused-ring (bicyclic) bond motifs is 2. The molecule has 2 aliphatic carbocycles. The van der Waals surface area contributed by atoms with Crippen molar-refractivity contribution in [3.8, 4) is 0 Å². The van der Waals surface area contributed by atoms with Gasteiger partial charge in [-0.05, 0) is 43.4 Å². The number of hydrogen-bond acceptors (Lipinski definition) is 6. The topological polar surface area (TPSA) is 95.8 Å². The molecule has 3 fully saturated rings. The molecule has 1 saturated heterocycles. The Morgan fingerprint density at radius 1 is 1.14 bits per heavy atom. The van der Waals surface area contributed by atoms with Gasteiger partial charge in [-0.25, -0.2) is 19.9 Å². The minimum Gasteiger partial charge on any atom is -0.396 e. The van der Waals surface area contributed by atoms with Crippen molar-refractivity contribution >= 4 is 17.0 Å². The first-order valence-electron chi connectivity index (χ1n) is 10.3. The van der Waals surface area contributed by atoms with Crippen LogP contribution in [0.2, 0.25) is 0 Å². The van der Waals surface area contributed by atoms with Gasteiger partial charge in [0.25, 0.3) is 0 Å². The second kappa shape index (κ2) is 6.27. The van der Waals surface area contributed by atoms with Gasteiger partial charge in [0.15, 0.2) is 17.0 Å². The summed E-state index contributed by atoms with van der Waals surface area (Å²) in [5, 5.41) is 9.51. The van der Waals surface area contributed by atoms with Gasteiger partial charge in [-0.1, -0.05) is 0 Å². The van der Waals surface area contributed by atoms with E-state index in [2.05, 4.69) is 29.4 Å². The SMILES string of the molecule is OCC1C[C@@H]2C[C@H](n3cnc4c(N5CCC(c6ncc[nH]6)C5)ncnc43)[C@@H]2C1. The zero-order chi connectivity index (χ0) is 18.7. The van der Waals surface area contributed by atoms with Crippen LogP contribution in [-0.4, -0.2) is 54.3 Å². The quantitative estimate of drug-likeness (QED) is 0.721. The van der Waals surface area contributed by atoms with E-state index in [1.54, 1.807) is 6.33 Å². The van der Waals surface area contributed by atoms with E-state index in [1.165, 1.54) is 12.8 Å². The first-order chi connectivity index (χ1) is 13.8. The fourth-order valence-corrected chi connectivity index (χ4v) is 5.77. The van der Waals surface area contributed by atoms with Gasteiger partial charge in [-0.2, -0.15) is 0 Å². The average Bonchev–Trinajstić information content (AvgIpc) is 3.49. The fourth-order valence-electron chi connectivity index (χ4n) is 5.77. The molecular weight excluding hydrogens is 354 g/mol. The number of rotatable bonds is 4. The highest BCUT2D eigenvalue weighted by molar-refractivity contribution is 5.83. The van der Waals surface area contributed by atoms with Crippen LogP contribution < -0.4 is 4.90 Å². The third-order valence-corrected chi connectivity index (χ3v) is 7.23. The molecule has 0 radical (unpaired) electrons. The van der Waals surface area contributed by atoms with Crippen molar-refractivity contribution in [2.24, 2.45) is 17.8 Å². The Morgan fingerprint density at radius 3 is 2.96 bits per heavy atom. The van der Waals surface area contributed by atoms with E-state index in [0.717, 1.165) is 54.7 Å². The van der Waals surface area contributed by atoms with Crippen LogP contribution >= 0.6 is 0 Å². The van der Waals surface area contributed by atoms with Crippen molar-refractivity contribution in [3.63, 3.8) is 0 Å². The first-order valence-corrected chi connectivity index (χ1v) is 10.3. The van der Waals surface area contributed by atoms with E-state index in [-0.39, 0.29) is 0 Å². The monoisotopic (exact) mass is 379 g/mol. The highest BCUT2D eigenvalue weighted by atomic mass is 16.3. The predicted octanol–water partition coefficient (Wildman–Crippen LogP) is 2.12. The third-order valence-electron chi connectivity index (χ3n) is 7.23. The molecule has 2 N–H and O–H groups in total. The summed E-state index contributed by atoms with van der Waals surface area (Å²) in [5.41, 5.74) is 1.85. The molecule has 6 rings (SSSR count). The largest absolute Gasteiger partial charge is 0.396 e. The van der Waals surface area contributed by atoms with Crippen LogP contribution in [0, 0.1) is 17.8 Å². The Hall–Kier alpha value is -2.48. The summed E-state index contributed by atoms with van der Waals surface area (Å²) in [4.78, 5) is 23.9. The molecule has 1 aliphatic heterocycles. The first kappa shape index (κ1) is 16.5. The van der Waals surface area contributed by atoms with Gasteiger partial charge in [0, 0.05) is 44.0 Å². The van der Waals surface area contributed by atoms with Gasteiger partial charge in [0.2, 0.25) is 0 Å². The summed E-state index contributed by atoms with van der Waals surface area (Å²) < 4.78 is 2.27. The lowest BCUT2D eigenvalue weighted by atomic mass is 9.71. The second-order valence-corrected chi connectivity index (χ2v) is 8.67. The minimum atomic E-state index is 0.322. The van der Waals surface area contributed by atoms with Gasteiger partial charge in [-0.3, -0.25) is 0 Å². The zero-order valence-electron chi connectivity index (χ0n) is 15.8. The van der Waals surface area contributed by atoms with Crippen molar-refractivity contribution in [1.29, 1.82) is 0 Å². The minimum absolute atomic E-state index is 0.322. The number of nitrogens with zero attached hydrogens (tertiary/aromatic N) is 6. The summed E-state index contributed by atoms with van der Waals surface area (Å²) in [6.07, 6.45) is 11.9. The van der Waals surface area contributed by atoms with Gasteiger partial charge in [-0.15, -0.1) is 0 Å². The summed E-state index contributed by atoms with van der Waals surface area (Å²) >= 11 is 0. The molecule has 5 atom stereocenters. The van der Waals surface area contributed by atoms with Crippen LogP contribution in [0.4, 0.5) is 5.82 Å². The number of aromatic amines is 1. The Morgan fingerprint density at radius 2 is 2.11 bits per heavy atom. The van der Waals surface area contributed by atoms with E-state index < -0.39 is 0 Å². The highest BCUT2D eigenvalue weighted by Crippen LogP contribution is 2.56. The number of aliphatic hydroxyl groups excluding tert-OH is 1. The van der Waals surface area contributed by atoms with Crippen molar-refractivity contribution in [2.45, 2.75) is 37.6 Å². The van der Waals surface area contributed by atoms with E-state index in [1.807, 2.05) is 18.7 Å². The molecule has 0 spiro atoms. The molecule has 28 heavy (non-hydrogen) atoms. The molecule has 8 nitrogen and oxygen atoms in total. The maximum Gasteiger partial charge on any atom is 0.165 e. The summed E-state index contributed by atoms with van der Waals surface area (Å²) in [7, 11) is 0. The molecule has 2 unspecified atom stereocenters. The number of H-pyrrole nitrogens is 1. The van der Waals surface area contributed by atoms with Crippen molar-refractivity contribution in [3.05, 3.63) is 30.9 Å². The van der Waals surface area contributed by atoms with Gasteiger partial charge < -0.3 is 19.6 Å². The Balaban J connectivity index is 1.28. The van der Waals surface area contributed by atoms with E-state index in [0.29, 0.717) is 30.4 Å². The van der Waals surface area contributed by atoms with Gasteiger partial charge >= 0.3 is 0 Å². The Bertz CT molecular complexity index is 984. The molecule has 8 heteroatoms. The number of nitrogens with one attached hydrogen (secondary N) is 1. The molecule has 3 aromatic rings. The molecular formula is C20H25N7O. The molecule has 0 bridgehead atoms. The molecule has 4 heterocycles. The number of hydrogen-bond donors (Lipinski definition) is 2. The number of aliphatic hydroxyl groups is 1. The van der Waals surface area contributed by atoms with Crippen LogP contribution in [0.25, 0.3) is 11.2 Å². The maximum absolute atomic E-state index is 9.51. The molecule has 0 aromatic carbocycles. The third kappa shape index (κ3) is 2.40. The van der Waals surface area contributed by atoms with E-state index in [4.69, 9.17) is 4.98 Å². The van der Waals surface area contributed by atoms with Crippen LogP contribution in [0.1, 0.15) is 43.5 Å². The summed E-state index contributed by atoms with van der Waals surface area (Å²) in [6.45, 7) is 2.18. The van der Waals surface area contributed by atoms with Crippen molar-refractivity contribution < 1.29 is 5.11 Å². The number of imidazole rings is 2. The molecule has 3 aliphatic rings. The summed E-state index contributed by atoms with van der Waals surface area (Å²) in [6, 6.07) is 0.462. The predicted molar refractivity (Wildman–Crippen MR) is 104 cm³/mol. The highest BCUT2D eigenvalue weighted by Gasteiger charge is 2.48. The zero-order valence-corrected chi connectivity index (χ0v) is 15.8. The van der Waals surface area contributed by atoms with Crippen molar-refractivity contribution in [2.75, 3.05) is 24.6 Å². The lowest BCUT2D eigenvalue weighted by molar-refractivity contribution is 0.114. The fraction of sp³-hybridized carbons (Fsp3) is 0.600. The van der Waals surface area contributed by atoms with Crippen LogP contribution in [0.3, 0.4) is 0 Å². The van der Waals surface area contributed by atoms with E-state index in [9.17, 15) is 5.11 Å². The Kier molecular flexibility index (Phi) is 3.69. The smallest absolute Gasteiger partial charge is 0.165 e. The standard InChI is InChI=1S/C20H25N7O/c28-9-12-5-14-7-16(15(14)6-12)27-11-25-17-19(23-10-24-20(17)27)26-4-1-13(8-26)18-21-2-3-22-18/h2-3,10-16,28H,1,4-9H2,(H,21,22)/t12?,13?,14-,15-,16+/m1/s1. The molecule has 2 saturated carbocycles. The van der Waals surface area contributed by atoms with Crippen molar-refractivity contribution in [1.82, 2.24) is 29.5 Å². The van der Waals surface area contributed by atoms with Gasteiger partial charge in [0.05, 0.1) is 6.33 Å². The number of aromatic nitrogens is 6. The Labute approximate surface area is 163 Å². The molecule has 146 valence electrons. The molecule has 0 amide bonds. The van der Waals surface area contributed by atoms with Crippen LogP contribution in [-0.2, 0) is 0 Å². The van der Waals surface area contributed by atoms with Crippen LogP contribution in [0.5, 0.6) is 0 Å². The van der Waals surface area contributed by atoms with Gasteiger partial charge in [0.1, 0.15) is 12.2 Å². The number of anilines is 1.